The van der Waals surface area contributed by atoms with Crippen LogP contribution in [0.25, 0.3) is 0 Å². The molecule has 1 aliphatic rings. The van der Waals surface area contributed by atoms with Crippen LogP contribution < -0.4 is 5.43 Å². The summed E-state index contributed by atoms with van der Waals surface area (Å²) in [6.07, 6.45) is 1.81. The summed E-state index contributed by atoms with van der Waals surface area (Å²) in [5, 5.41) is 11.8. The monoisotopic (exact) mass is 212 g/mol. The van der Waals surface area contributed by atoms with Crippen LogP contribution in [0.4, 0.5) is 0 Å². The summed E-state index contributed by atoms with van der Waals surface area (Å²) in [7, 11) is 0. The molecule has 0 aromatic carbocycles. The number of hydrogen-bond acceptors (Lipinski definition) is 3. The first-order valence-electron chi connectivity index (χ1n) is 5.20. The predicted octanol–water partition coefficient (Wildman–Crippen LogP) is 0.875. The van der Waals surface area contributed by atoms with Gasteiger partial charge in [-0.2, -0.15) is 5.10 Å². The fraction of sp³-hybridized carbons (Fsp3) is 0.800. The Hall–Kier alpha value is -1.10. The van der Waals surface area contributed by atoms with Crippen molar-refractivity contribution in [3.63, 3.8) is 0 Å². The second-order valence-electron chi connectivity index (χ2n) is 4.68. The molecule has 0 aromatic heterocycles. The van der Waals surface area contributed by atoms with Crippen LogP contribution in [0.5, 0.6) is 0 Å². The summed E-state index contributed by atoms with van der Waals surface area (Å²) >= 11 is 0. The van der Waals surface area contributed by atoms with Crippen molar-refractivity contribution in [1.29, 1.82) is 5.41 Å². The molecular formula is C10H20N4O. The smallest absolute Gasteiger partial charge is 0.212 e. The van der Waals surface area contributed by atoms with Gasteiger partial charge in [0.05, 0.1) is 13.2 Å². The average molecular weight is 212 g/mol. The van der Waals surface area contributed by atoms with Gasteiger partial charge in [0.25, 0.3) is 0 Å². The summed E-state index contributed by atoms with van der Waals surface area (Å²) in [4.78, 5) is 1.92. The number of guanidine groups is 1. The van der Waals surface area contributed by atoms with E-state index in [1.54, 1.807) is 0 Å². The van der Waals surface area contributed by atoms with Gasteiger partial charge in [0.1, 0.15) is 0 Å². The number of nitrogens with one attached hydrogen (secondary N) is 2. The van der Waals surface area contributed by atoms with Crippen molar-refractivity contribution in [1.82, 2.24) is 10.3 Å². The predicted molar refractivity (Wildman–Crippen MR) is 61.2 cm³/mol. The van der Waals surface area contributed by atoms with Crippen LogP contribution in [-0.4, -0.2) is 43.4 Å². The molecule has 0 radical (unpaired) electrons. The number of ether oxygens (including phenoxy) is 1. The van der Waals surface area contributed by atoms with Gasteiger partial charge in [-0.05, 0) is 5.41 Å². The lowest BCUT2D eigenvalue weighted by molar-refractivity contribution is 0.0662. The van der Waals surface area contributed by atoms with E-state index in [1.807, 2.05) is 11.1 Å². The molecule has 0 atom stereocenters. The molecule has 5 nitrogen and oxygen atoms in total. The van der Waals surface area contributed by atoms with Crippen LogP contribution in [-0.2, 0) is 4.74 Å². The Morgan fingerprint density at radius 3 is 2.53 bits per heavy atom. The molecule has 0 spiro atoms. The van der Waals surface area contributed by atoms with Crippen molar-refractivity contribution in [2.75, 3.05) is 26.3 Å². The molecule has 1 heterocycles. The molecule has 86 valence electrons. The topological polar surface area (TPSA) is 60.7 Å². The van der Waals surface area contributed by atoms with E-state index in [2.05, 4.69) is 31.3 Å². The third-order valence-electron chi connectivity index (χ3n) is 1.95. The minimum Gasteiger partial charge on any atom is -0.378 e. The molecule has 0 aromatic rings. The molecule has 0 amide bonds. The van der Waals surface area contributed by atoms with Gasteiger partial charge >= 0.3 is 0 Å². The number of morpholine rings is 1. The van der Waals surface area contributed by atoms with Gasteiger partial charge in [0.15, 0.2) is 0 Å². The van der Waals surface area contributed by atoms with E-state index in [1.165, 1.54) is 0 Å². The maximum absolute atomic E-state index is 7.74. The number of rotatable bonds is 1. The first-order valence-corrected chi connectivity index (χ1v) is 5.20. The Morgan fingerprint density at radius 1 is 1.40 bits per heavy atom. The van der Waals surface area contributed by atoms with Crippen molar-refractivity contribution in [2.24, 2.45) is 10.5 Å². The van der Waals surface area contributed by atoms with Crippen LogP contribution >= 0.6 is 0 Å². The van der Waals surface area contributed by atoms with E-state index in [4.69, 9.17) is 10.1 Å². The number of hydrogen-bond donors (Lipinski definition) is 2. The highest BCUT2D eigenvalue weighted by Gasteiger charge is 2.13. The fourth-order valence-electron chi connectivity index (χ4n) is 1.14. The molecular weight excluding hydrogens is 192 g/mol. The van der Waals surface area contributed by atoms with Crippen LogP contribution in [0.15, 0.2) is 5.10 Å². The van der Waals surface area contributed by atoms with E-state index >= 15 is 0 Å². The average Bonchev–Trinajstić information content (AvgIpc) is 2.17. The lowest BCUT2D eigenvalue weighted by Crippen LogP contribution is -2.45. The highest BCUT2D eigenvalue weighted by atomic mass is 16.5. The van der Waals surface area contributed by atoms with Crippen LogP contribution in [0, 0.1) is 10.8 Å². The Labute approximate surface area is 91.0 Å². The van der Waals surface area contributed by atoms with Crippen molar-refractivity contribution in [3.8, 4) is 0 Å². The third kappa shape index (κ3) is 4.78. The zero-order chi connectivity index (χ0) is 11.3. The largest absolute Gasteiger partial charge is 0.378 e. The van der Waals surface area contributed by atoms with Crippen molar-refractivity contribution in [2.45, 2.75) is 20.8 Å². The van der Waals surface area contributed by atoms with Gasteiger partial charge in [-0.15, -0.1) is 0 Å². The lowest BCUT2D eigenvalue weighted by Gasteiger charge is -2.28. The van der Waals surface area contributed by atoms with Gasteiger partial charge < -0.3 is 9.64 Å². The van der Waals surface area contributed by atoms with Gasteiger partial charge in [-0.1, -0.05) is 20.8 Å². The Bertz CT molecular complexity index is 238. The molecule has 1 saturated heterocycles. The Balaban J connectivity index is 2.32. The molecule has 15 heavy (non-hydrogen) atoms. The first-order chi connectivity index (χ1) is 6.99. The minimum absolute atomic E-state index is 0.0400. The Kier molecular flexibility index (Phi) is 4.08. The second kappa shape index (κ2) is 5.11. The van der Waals surface area contributed by atoms with Crippen molar-refractivity contribution < 1.29 is 4.74 Å². The lowest BCUT2D eigenvalue weighted by atomic mass is 9.99. The molecule has 0 bridgehead atoms. The summed E-state index contributed by atoms with van der Waals surface area (Å²) < 4.78 is 5.20. The summed E-state index contributed by atoms with van der Waals surface area (Å²) in [5.74, 6) is 0.346. The summed E-state index contributed by atoms with van der Waals surface area (Å²) in [5.41, 5.74) is 2.77. The van der Waals surface area contributed by atoms with Gasteiger partial charge in [0, 0.05) is 19.3 Å². The zero-order valence-electron chi connectivity index (χ0n) is 9.71. The highest BCUT2D eigenvalue weighted by Crippen LogP contribution is 2.07. The SMILES string of the molecule is CC(C)(C)/C=N/NC(=N)N1CCOCC1. The van der Waals surface area contributed by atoms with Crippen LogP contribution in [0.2, 0.25) is 0 Å². The molecule has 5 heteroatoms. The van der Waals surface area contributed by atoms with E-state index in [9.17, 15) is 0 Å². The normalized spacial score (nSPS) is 18.2. The quantitative estimate of drug-likeness (QED) is 0.385. The molecule has 0 unspecified atom stereocenters. The van der Waals surface area contributed by atoms with E-state index in [0.29, 0.717) is 19.2 Å². The molecule has 1 fully saturated rings. The fourth-order valence-corrected chi connectivity index (χ4v) is 1.14. The van der Waals surface area contributed by atoms with E-state index in [-0.39, 0.29) is 5.41 Å². The molecule has 0 aliphatic carbocycles. The Morgan fingerprint density at radius 2 is 2.00 bits per heavy atom. The maximum Gasteiger partial charge on any atom is 0.212 e. The van der Waals surface area contributed by atoms with Crippen LogP contribution in [0.3, 0.4) is 0 Å². The van der Waals surface area contributed by atoms with E-state index < -0.39 is 0 Å². The first kappa shape index (κ1) is 12.0. The molecule has 0 saturated carbocycles. The summed E-state index contributed by atoms with van der Waals surface area (Å²) in [6.45, 7) is 9.09. The highest BCUT2D eigenvalue weighted by molar-refractivity contribution is 5.78. The van der Waals surface area contributed by atoms with Gasteiger partial charge in [-0.3, -0.25) is 5.41 Å². The number of nitrogens with zero attached hydrogens (tertiary/aromatic N) is 2. The maximum atomic E-state index is 7.74. The zero-order valence-corrected chi connectivity index (χ0v) is 9.71. The minimum atomic E-state index is 0.0400. The number of hydrazone groups is 1. The molecule has 1 aliphatic heterocycles. The van der Waals surface area contributed by atoms with Crippen molar-refractivity contribution >= 4 is 12.2 Å². The third-order valence-corrected chi connectivity index (χ3v) is 1.95. The summed E-state index contributed by atoms with van der Waals surface area (Å²) in [6, 6.07) is 0. The standard InChI is InChI=1S/C10H20N4O/c1-10(2,3)8-12-13-9(11)14-4-6-15-7-5-14/h8H,4-7H2,1-3H3,(H2,11,13)/b12-8+. The van der Waals surface area contributed by atoms with Crippen LogP contribution in [0.1, 0.15) is 20.8 Å². The van der Waals surface area contributed by atoms with Gasteiger partial charge in [0.2, 0.25) is 5.96 Å². The second-order valence-corrected chi connectivity index (χ2v) is 4.68. The van der Waals surface area contributed by atoms with Gasteiger partial charge in [-0.25, -0.2) is 5.43 Å². The molecule has 2 N–H and O–H groups in total. The van der Waals surface area contributed by atoms with E-state index in [0.717, 1.165) is 13.1 Å². The van der Waals surface area contributed by atoms with Crippen molar-refractivity contribution in [3.05, 3.63) is 0 Å². The molecule has 1 rings (SSSR count).